The smallest absolute Gasteiger partial charge is 0.191 e. The summed E-state index contributed by atoms with van der Waals surface area (Å²) in [5.41, 5.74) is 7.58. The van der Waals surface area contributed by atoms with Crippen LogP contribution in [0.5, 0.6) is 0 Å². The van der Waals surface area contributed by atoms with Crippen LogP contribution in [0.1, 0.15) is 0 Å². The lowest BCUT2D eigenvalue weighted by Crippen LogP contribution is -2.00. The second kappa shape index (κ2) is 5.34. The standard InChI is InChI=1S/C14H13N5S/c1-20-14-18-11(15)8-12(19-14)17-10-6-2-4-9-5-3-7-16-13(9)10/h2-8H,1H3,(H3,15,17,18,19). The van der Waals surface area contributed by atoms with Crippen LogP contribution in [0.25, 0.3) is 10.9 Å². The fourth-order valence-corrected chi connectivity index (χ4v) is 2.33. The highest BCUT2D eigenvalue weighted by molar-refractivity contribution is 7.98. The maximum Gasteiger partial charge on any atom is 0.191 e. The lowest BCUT2D eigenvalue weighted by molar-refractivity contribution is 0.984. The van der Waals surface area contributed by atoms with Crippen molar-refractivity contribution < 1.29 is 0 Å². The van der Waals surface area contributed by atoms with Gasteiger partial charge in [-0.25, -0.2) is 9.97 Å². The van der Waals surface area contributed by atoms with Gasteiger partial charge in [0.05, 0.1) is 11.2 Å². The lowest BCUT2D eigenvalue weighted by atomic mass is 10.2. The van der Waals surface area contributed by atoms with E-state index >= 15 is 0 Å². The monoisotopic (exact) mass is 283 g/mol. The van der Waals surface area contributed by atoms with Crippen molar-refractivity contribution in [1.82, 2.24) is 15.0 Å². The predicted molar refractivity (Wildman–Crippen MR) is 83.3 cm³/mol. The number of thioether (sulfide) groups is 1. The van der Waals surface area contributed by atoms with Crippen LogP contribution in [0.15, 0.2) is 47.8 Å². The first-order valence-corrected chi connectivity index (χ1v) is 7.28. The molecule has 100 valence electrons. The van der Waals surface area contributed by atoms with Crippen molar-refractivity contribution in [3.63, 3.8) is 0 Å². The molecule has 0 aliphatic heterocycles. The van der Waals surface area contributed by atoms with Gasteiger partial charge in [0, 0.05) is 17.6 Å². The van der Waals surface area contributed by atoms with Crippen LogP contribution in [0.4, 0.5) is 17.3 Å². The average molecular weight is 283 g/mol. The second-order valence-corrected chi connectivity index (χ2v) is 4.94. The van der Waals surface area contributed by atoms with Crippen LogP contribution in [0, 0.1) is 0 Å². The molecule has 3 N–H and O–H groups in total. The first-order chi connectivity index (χ1) is 9.76. The third-order valence-electron chi connectivity index (χ3n) is 2.80. The van der Waals surface area contributed by atoms with Crippen LogP contribution in [-0.2, 0) is 0 Å². The van der Waals surface area contributed by atoms with E-state index in [1.807, 2.05) is 36.6 Å². The molecule has 3 rings (SSSR count). The molecule has 0 radical (unpaired) electrons. The van der Waals surface area contributed by atoms with Crippen LogP contribution in [0.2, 0.25) is 0 Å². The zero-order chi connectivity index (χ0) is 13.9. The molecule has 0 aliphatic rings. The van der Waals surface area contributed by atoms with E-state index in [1.165, 1.54) is 11.8 Å². The van der Waals surface area contributed by atoms with Gasteiger partial charge < -0.3 is 11.1 Å². The Kier molecular flexibility index (Phi) is 3.39. The molecule has 0 bridgehead atoms. The Hall–Kier alpha value is -2.34. The molecule has 0 atom stereocenters. The average Bonchev–Trinajstić information content (AvgIpc) is 2.47. The van der Waals surface area contributed by atoms with Crippen LogP contribution in [0.3, 0.4) is 0 Å². The number of benzene rings is 1. The number of para-hydroxylation sites is 1. The number of rotatable bonds is 3. The summed E-state index contributed by atoms with van der Waals surface area (Å²) in [6.45, 7) is 0. The third kappa shape index (κ3) is 2.50. The van der Waals surface area contributed by atoms with E-state index in [-0.39, 0.29) is 0 Å². The number of aromatic nitrogens is 3. The molecule has 1 aromatic carbocycles. The number of nitrogen functional groups attached to an aromatic ring is 1. The first kappa shape index (κ1) is 12.7. The largest absolute Gasteiger partial charge is 0.383 e. The summed E-state index contributed by atoms with van der Waals surface area (Å²) in [6, 6.07) is 11.6. The maximum atomic E-state index is 5.78. The van der Waals surface area contributed by atoms with Gasteiger partial charge in [0.15, 0.2) is 5.16 Å². The second-order valence-electron chi connectivity index (χ2n) is 4.17. The van der Waals surface area contributed by atoms with Crippen molar-refractivity contribution in [3.8, 4) is 0 Å². The van der Waals surface area contributed by atoms with Crippen LogP contribution in [-0.4, -0.2) is 21.2 Å². The molecule has 0 saturated carbocycles. The number of pyridine rings is 1. The Morgan fingerprint density at radius 2 is 2.00 bits per heavy atom. The molecule has 20 heavy (non-hydrogen) atoms. The van der Waals surface area contributed by atoms with Gasteiger partial charge in [0.1, 0.15) is 11.6 Å². The van der Waals surface area contributed by atoms with E-state index < -0.39 is 0 Å². The summed E-state index contributed by atoms with van der Waals surface area (Å²) < 4.78 is 0. The van der Waals surface area contributed by atoms with E-state index in [4.69, 9.17) is 5.73 Å². The summed E-state index contributed by atoms with van der Waals surface area (Å²) in [5.74, 6) is 1.11. The molecule has 6 heteroatoms. The van der Waals surface area contributed by atoms with Crippen molar-refractivity contribution >= 4 is 40.0 Å². The molecule has 5 nitrogen and oxygen atoms in total. The highest BCUT2D eigenvalue weighted by Crippen LogP contribution is 2.25. The Balaban J connectivity index is 2.03. The van der Waals surface area contributed by atoms with Crippen molar-refractivity contribution in [2.24, 2.45) is 0 Å². The number of anilines is 3. The van der Waals surface area contributed by atoms with Gasteiger partial charge >= 0.3 is 0 Å². The van der Waals surface area contributed by atoms with Crippen LogP contribution >= 0.6 is 11.8 Å². The highest BCUT2D eigenvalue weighted by Gasteiger charge is 2.05. The van der Waals surface area contributed by atoms with Crippen molar-refractivity contribution in [3.05, 3.63) is 42.6 Å². The quantitative estimate of drug-likeness (QED) is 0.568. The molecule has 0 amide bonds. The number of hydrogen-bond donors (Lipinski definition) is 2. The molecule has 0 fully saturated rings. The predicted octanol–water partition coefficient (Wildman–Crippen LogP) is 3.07. The Morgan fingerprint density at radius 1 is 1.15 bits per heavy atom. The molecular weight excluding hydrogens is 270 g/mol. The van der Waals surface area contributed by atoms with E-state index in [9.17, 15) is 0 Å². The number of fused-ring (bicyclic) bond motifs is 1. The van der Waals surface area contributed by atoms with E-state index in [1.54, 1.807) is 12.3 Å². The summed E-state index contributed by atoms with van der Waals surface area (Å²) in [4.78, 5) is 12.9. The number of hydrogen-bond acceptors (Lipinski definition) is 6. The summed E-state index contributed by atoms with van der Waals surface area (Å²) >= 11 is 1.45. The number of nitrogens with one attached hydrogen (secondary N) is 1. The third-order valence-corrected chi connectivity index (χ3v) is 3.35. The topological polar surface area (TPSA) is 76.7 Å². The first-order valence-electron chi connectivity index (χ1n) is 6.05. The zero-order valence-corrected chi connectivity index (χ0v) is 11.7. The SMILES string of the molecule is CSc1nc(N)cc(Nc2cccc3cccnc23)n1. The van der Waals surface area contributed by atoms with Crippen molar-refractivity contribution in [2.75, 3.05) is 17.3 Å². The maximum absolute atomic E-state index is 5.78. The number of nitrogens with two attached hydrogens (primary N) is 1. The molecule has 0 unspecified atom stereocenters. The zero-order valence-electron chi connectivity index (χ0n) is 10.9. The highest BCUT2D eigenvalue weighted by atomic mass is 32.2. The minimum atomic E-state index is 0.444. The molecule has 0 spiro atoms. The van der Waals surface area contributed by atoms with Gasteiger partial charge in [0.25, 0.3) is 0 Å². The summed E-state index contributed by atoms with van der Waals surface area (Å²) in [7, 11) is 0. The Labute approximate surface area is 120 Å². The normalized spacial score (nSPS) is 10.7. The fraction of sp³-hybridized carbons (Fsp3) is 0.0714. The Morgan fingerprint density at radius 3 is 2.85 bits per heavy atom. The summed E-state index contributed by atoms with van der Waals surface area (Å²) in [6.07, 6.45) is 3.69. The molecule has 2 heterocycles. The summed E-state index contributed by atoms with van der Waals surface area (Å²) in [5, 5.41) is 4.97. The number of nitrogens with zero attached hydrogens (tertiary/aromatic N) is 3. The lowest BCUT2D eigenvalue weighted by Gasteiger charge is -2.09. The Bertz CT molecular complexity index is 754. The van der Waals surface area contributed by atoms with Crippen molar-refractivity contribution in [2.45, 2.75) is 5.16 Å². The van der Waals surface area contributed by atoms with E-state index in [0.717, 1.165) is 16.6 Å². The molecule has 3 aromatic rings. The molecular formula is C14H13N5S. The molecule has 2 aromatic heterocycles. The van der Waals surface area contributed by atoms with Crippen molar-refractivity contribution in [1.29, 1.82) is 0 Å². The minimum Gasteiger partial charge on any atom is -0.383 e. The van der Waals surface area contributed by atoms with Gasteiger partial charge in [-0.3, -0.25) is 4.98 Å². The van der Waals surface area contributed by atoms with E-state index in [2.05, 4.69) is 20.3 Å². The van der Waals surface area contributed by atoms with Gasteiger partial charge in [-0.05, 0) is 18.4 Å². The van der Waals surface area contributed by atoms with Gasteiger partial charge in [-0.2, -0.15) is 0 Å². The fourth-order valence-electron chi connectivity index (χ4n) is 1.94. The minimum absolute atomic E-state index is 0.444. The van der Waals surface area contributed by atoms with Gasteiger partial charge in [-0.15, -0.1) is 0 Å². The van der Waals surface area contributed by atoms with Gasteiger partial charge in [0.2, 0.25) is 0 Å². The van der Waals surface area contributed by atoms with Gasteiger partial charge in [-0.1, -0.05) is 30.0 Å². The molecule has 0 aliphatic carbocycles. The molecule has 0 saturated heterocycles. The van der Waals surface area contributed by atoms with E-state index in [0.29, 0.717) is 16.8 Å². The van der Waals surface area contributed by atoms with Crippen LogP contribution < -0.4 is 11.1 Å².